The van der Waals surface area contributed by atoms with Gasteiger partial charge in [-0.3, -0.25) is 9.52 Å². The summed E-state index contributed by atoms with van der Waals surface area (Å²) >= 11 is 0. The molecule has 1 aromatic carbocycles. The van der Waals surface area contributed by atoms with Gasteiger partial charge in [0.05, 0.1) is 11.9 Å². The number of nitrogens with one attached hydrogen (secondary N) is 1. The predicted molar refractivity (Wildman–Crippen MR) is 82.8 cm³/mol. The summed E-state index contributed by atoms with van der Waals surface area (Å²) in [7, 11) is -3.61. The molecule has 1 amide bonds. The molecule has 1 atom stereocenters. The lowest BCUT2D eigenvalue weighted by molar-refractivity contribution is -0.132. The minimum absolute atomic E-state index is 0.429. The standard InChI is InChI=1S/C16H21NO4S/c18-16(17-22(19,20)13-7-2-1-3-8-13)15-14-9-5-4-6-12(14)10-11-21-15/h4-6,9,13,15H,1-3,7-8,10-11H2,(H,17,18)/t15-/m0/s1. The van der Waals surface area contributed by atoms with E-state index in [1.54, 1.807) is 0 Å². The Morgan fingerprint density at radius 2 is 1.86 bits per heavy atom. The Labute approximate surface area is 131 Å². The number of benzene rings is 1. The molecule has 1 aromatic rings. The maximum atomic E-state index is 12.4. The number of rotatable bonds is 3. The first kappa shape index (κ1) is 15.5. The molecular formula is C16H21NO4S. The predicted octanol–water partition coefficient (Wildman–Crippen LogP) is 2.08. The average Bonchev–Trinajstić information content (AvgIpc) is 2.54. The molecule has 0 bridgehead atoms. The smallest absolute Gasteiger partial charge is 0.267 e. The van der Waals surface area contributed by atoms with Gasteiger partial charge in [0.15, 0.2) is 6.10 Å². The Bertz CT molecular complexity index is 650. The lowest BCUT2D eigenvalue weighted by Gasteiger charge is -2.27. The van der Waals surface area contributed by atoms with Crippen molar-refractivity contribution < 1.29 is 17.9 Å². The molecule has 0 aromatic heterocycles. The fourth-order valence-electron chi connectivity index (χ4n) is 3.26. The van der Waals surface area contributed by atoms with Crippen molar-refractivity contribution >= 4 is 15.9 Å². The van der Waals surface area contributed by atoms with Crippen molar-refractivity contribution in [2.75, 3.05) is 6.61 Å². The van der Waals surface area contributed by atoms with Gasteiger partial charge in [0.2, 0.25) is 10.0 Å². The van der Waals surface area contributed by atoms with E-state index in [1.807, 2.05) is 24.3 Å². The van der Waals surface area contributed by atoms with Crippen molar-refractivity contribution in [3.05, 3.63) is 35.4 Å². The Balaban J connectivity index is 1.75. The zero-order valence-electron chi connectivity index (χ0n) is 12.5. The summed E-state index contributed by atoms with van der Waals surface area (Å²) in [5.74, 6) is -0.572. The molecule has 1 N–H and O–H groups in total. The molecule has 1 aliphatic carbocycles. The Morgan fingerprint density at radius 1 is 1.14 bits per heavy atom. The third-order valence-electron chi connectivity index (χ3n) is 4.47. The van der Waals surface area contributed by atoms with Gasteiger partial charge < -0.3 is 4.74 Å². The zero-order valence-corrected chi connectivity index (χ0v) is 13.3. The maximum Gasteiger partial charge on any atom is 0.267 e. The van der Waals surface area contributed by atoms with E-state index in [9.17, 15) is 13.2 Å². The molecule has 120 valence electrons. The Kier molecular flexibility index (Phi) is 4.49. The maximum absolute atomic E-state index is 12.4. The summed E-state index contributed by atoms with van der Waals surface area (Å²) in [6, 6.07) is 7.53. The van der Waals surface area contributed by atoms with Crippen molar-refractivity contribution in [2.24, 2.45) is 0 Å². The third-order valence-corrected chi connectivity index (χ3v) is 6.30. The first-order valence-corrected chi connectivity index (χ1v) is 9.37. The van der Waals surface area contributed by atoms with Gasteiger partial charge in [-0.2, -0.15) is 0 Å². The second kappa shape index (κ2) is 6.38. The number of carbonyl (C=O) groups excluding carboxylic acids is 1. The molecule has 1 aliphatic heterocycles. The number of amides is 1. The van der Waals surface area contributed by atoms with E-state index in [0.29, 0.717) is 19.4 Å². The fourth-order valence-corrected chi connectivity index (χ4v) is 4.77. The monoisotopic (exact) mass is 323 g/mol. The van der Waals surface area contributed by atoms with Gasteiger partial charge in [-0.1, -0.05) is 43.5 Å². The van der Waals surface area contributed by atoms with E-state index >= 15 is 0 Å². The number of hydrogen-bond acceptors (Lipinski definition) is 4. The second-order valence-electron chi connectivity index (χ2n) is 5.97. The topological polar surface area (TPSA) is 72.5 Å². The van der Waals surface area contributed by atoms with E-state index in [1.165, 1.54) is 0 Å². The van der Waals surface area contributed by atoms with Crippen LogP contribution >= 0.6 is 0 Å². The first-order valence-electron chi connectivity index (χ1n) is 7.83. The SMILES string of the molecule is O=C(NS(=O)(=O)C1CCCCC1)[C@H]1OCCc2ccccc21. The number of fused-ring (bicyclic) bond motifs is 1. The van der Waals surface area contributed by atoms with Crippen LogP contribution < -0.4 is 4.72 Å². The first-order chi connectivity index (χ1) is 10.6. The molecule has 22 heavy (non-hydrogen) atoms. The molecule has 0 spiro atoms. The van der Waals surface area contributed by atoms with Gasteiger partial charge in [-0.25, -0.2) is 8.42 Å². The summed E-state index contributed by atoms with van der Waals surface area (Å²) in [4.78, 5) is 12.4. The summed E-state index contributed by atoms with van der Waals surface area (Å²) < 4.78 is 32.5. The molecule has 0 radical (unpaired) electrons. The van der Waals surface area contributed by atoms with Crippen LogP contribution in [0.2, 0.25) is 0 Å². The number of hydrogen-bond donors (Lipinski definition) is 1. The highest BCUT2D eigenvalue weighted by atomic mass is 32.2. The van der Waals surface area contributed by atoms with Gasteiger partial charge >= 0.3 is 0 Å². The minimum atomic E-state index is -3.61. The van der Waals surface area contributed by atoms with Crippen molar-refractivity contribution in [1.29, 1.82) is 0 Å². The molecule has 0 saturated heterocycles. The molecule has 3 rings (SSSR count). The lowest BCUT2D eigenvalue weighted by atomic mass is 9.97. The molecular weight excluding hydrogens is 302 g/mol. The van der Waals surface area contributed by atoms with E-state index < -0.39 is 27.3 Å². The molecule has 0 unspecified atom stereocenters. The van der Waals surface area contributed by atoms with Crippen LogP contribution in [0.5, 0.6) is 0 Å². The van der Waals surface area contributed by atoms with E-state index in [4.69, 9.17) is 4.74 Å². The van der Waals surface area contributed by atoms with Gasteiger partial charge in [-0.05, 0) is 30.4 Å². The zero-order chi connectivity index (χ0) is 15.6. The second-order valence-corrected chi connectivity index (χ2v) is 7.93. The van der Waals surface area contributed by atoms with Crippen LogP contribution in [0.1, 0.15) is 49.3 Å². The van der Waals surface area contributed by atoms with Crippen LogP contribution in [-0.4, -0.2) is 26.2 Å². The van der Waals surface area contributed by atoms with Crippen LogP contribution in [0, 0.1) is 0 Å². The molecule has 1 fully saturated rings. The number of ether oxygens (including phenoxy) is 1. The van der Waals surface area contributed by atoms with Crippen LogP contribution in [0.15, 0.2) is 24.3 Å². The molecule has 6 heteroatoms. The summed E-state index contributed by atoms with van der Waals surface area (Å²) in [6.07, 6.45) is 4.05. The van der Waals surface area contributed by atoms with E-state index in [-0.39, 0.29) is 0 Å². The quantitative estimate of drug-likeness (QED) is 0.924. The van der Waals surface area contributed by atoms with Gasteiger partial charge in [-0.15, -0.1) is 0 Å². The van der Waals surface area contributed by atoms with Gasteiger partial charge in [0, 0.05) is 0 Å². The third kappa shape index (κ3) is 3.17. The summed E-state index contributed by atoms with van der Waals surface area (Å²) in [5.41, 5.74) is 1.81. The van der Waals surface area contributed by atoms with Crippen molar-refractivity contribution in [3.8, 4) is 0 Å². The summed E-state index contributed by atoms with van der Waals surface area (Å²) in [6.45, 7) is 0.429. The van der Waals surface area contributed by atoms with Crippen LogP contribution in [-0.2, 0) is 26.0 Å². The average molecular weight is 323 g/mol. The highest BCUT2D eigenvalue weighted by Gasteiger charge is 2.33. The molecule has 5 nitrogen and oxygen atoms in total. The molecule has 2 aliphatic rings. The molecule has 1 heterocycles. The largest absolute Gasteiger partial charge is 0.363 e. The number of sulfonamides is 1. The Morgan fingerprint density at radius 3 is 2.64 bits per heavy atom. The summed E-state index contributed by atoms with van der Waals surface area (Å²) in [5, 5.41) is -0.455. The molecule has 1 saturated carbocycles. The van der Waals surface area contributed by atoms with Gasteiger partial charge in [0.1, 0.15) is 0 Å². The highest BCUT2D eigenvalue weighted by Crippen LogP contribution is 2.28. The van der Waals surface area contributed by atoms with Crippen molar-refractivity contribution in [1.82, 2.24) is 4.72 Å². The minimum Gasteiger partial charge on any atom is -0.363 e. The van der Waals surface area contributed by atoms with E-state index in [2.05, 4.69) is 4.72 Å². The number of carbonyl (C=O) groups is 1. The highest BCUT2D eigenvalue weighted by molar-refractivity contribution is 7.90. The van der Waals surface area contributed by atoms with Crippen LogP contribution in [0.3, 0.4) is 0 Å². The normalized spacial score (nSPS) is 22.8. The van der Waals surface area contributed by atoms with E-state index in [0.717, 1.165) is 36.8 Å². The van der Waals surface area contributed by atoms with Gasteiger partial charge in [0.25, 0.3) is 5.91 Å². The lowest BCUT2D eigenvalue weighted by Crippen LogP contribution is -2.42. The fraction of sp³-hybridized carbons (Fsp3) is 0.562. The Hall–Kier alpha value is -1.40. The van der Waals surface area contributed by atoms with Crippen molar-refractivity contribution in [3.63, 3.8) is 0 Å². The van der Waals surface area contributed by atoms with Crippen molar-refractivity contribution in [2.45, 2.75) is 49.9 Å². The van der Waals surface area contributed by atoms with Crippen LogP contribution in [0.4, 0.5) is 0 Å². The van der Waals surface area contributed by atoms with Crippen LogP contribution in [0.25, 0.3) is 0 Å².